The number of carboxylic acids is 1. The smallest absolute Gasteiger partial charge is 0.326 e. The Morgan fingerprint density at radius 2 is 0.935 bits per heavy atom. The van der Waals surface area contributed by atoms with Gasteiger partial charge in [-0.2, -0.15) is 0 Å². The summed E-state index contributed by atoms with van der Waals surface area (Å²) in [5.41, 5.74) is 5.47. The van der Waals surface area contributed by atoms with Crippen molar-refractivity contribution >= 4 is 17.8 Å². The second-order valence-electron chi connectivity index (χ2n) is 13.7. The van der Waals surface area contributed by atoms with Crippen molar-refractivity contribution in [2.45, 2.75) is 225 Å². The van der Waals surface area contributed by atoms with Crippen LogP contribution in [0.15, 0.2) is 0 Å². The molecule has 2 atom stereocenters. The predicted octanol–water partition coefficient (Wildman–Crippen LogP) is 10.6. The van der Waals surface area contributed by atoms with Gasteiger partial charge in [-0.3, -0.25) is 9.59 Å². The van der Waals surface area contributed by atoms with Crippen molar-refractivity contribution in [3.8, 4) is 0 Å². The zero-order valence-corrected chi connectivity index (χ0v) is 30.4. The Balaban J connectivity index is 4.11. The molecule has 272 valence electrons. The van der Waals surface area contributed by atoms with Crippen molar-refractivity contribution in [2.24, 2.45) is 5.73 Å². The quantitative estimate of drug-likeness (QED) is 0.0458. The Labute approximate surface area is 284 Å². The summed E-state index contributed by atoms with van der Waals surface area (Å²) < 4.78 is 5.99. The van der Waals surface area contributed by atoms with E-state index >= 15 is 0 Å². The summed E-state index contributed by atoms with van der Waals surface area (Å²) in [6.45, 7) is 4.93. The minimum atomic E-state index is -1.00. The van der Waals surface area contributed by atoms with E-state index in [9.17, 15) is 19.5 Å². The lowest BCUT2D eigenvalue weighted by atomic mass is 10.0. The average molecular weight is 653 g/mol. The number of carbonyl (C=O) groups excluding carboxylic acids is 2. The fourth-order valence-corrected chi connectivity index (χ4v) is 6.16. The molecule has 0 fully saturated rings. The number of nitrogens with one attached hydrogen (secondary N) is 1. The number of hydrogen-bond acceptors (Lipinski definition) is 5. The summed E-state index contributed by atoms with van der Waals surface area (Å²) in [5.74, 6) is -1.22. The van der Waals surface area contributed by atoms with Gasteiger partial charge in [0.2, 0.25) is 5.91 Å². The fraction of sp³-hybridized carbons (Fsp3) is 0.923. The van der Waals surface area contributed by atoms with Gasteiger partial charge >= 0.3 is 11.9 Å². The van der Waals surface area contributed by atoms with E-state index in [2.05, 4.69) is 19.2 Å². The Bertz CT molecular complexity index is 702. The summed E-state index contributed by atoms with van der Waals surface area (Å²) in [7, 11) is 0. The summed E-state index contributed by atoms with van der Waals surface area (Å²) in [4.78, 5) is 36.1. The molecule has 46 heavy (non-hydrogen) atoms. The third-order valence-corrected chi connectivity index (χ3v) is 9.17. The molecule has 0 aliphatic heterocycles. The number of ether oxygens (including phenoxy) is 1. The van der Waals surface area contributed by atoms with Crippen LogP contribution in [0.5, 0.6) is 0 Å². The number of carbonyl (C=O) groups is 3. The van der Waals surface area contributed by atoms with Crippen molar-refractivity contribution in [1.29, 1.82) is 0 Å². The van der Waals surface area contributed by atoms with Crippen molar-refractivity contribution in [3.63, 3.8) is 0 Å². The standard InChI is InChI=1S/C39H76N2O5/c1-3-5-7-9-11-12-13-14-15-16-17-18-23-27-33-38(43)46-35(29-24-20-10-8-6-4-2)30-25-21-19-22-26-32-37(42)41-36(39(44)45)31-28-34-40/h35-36H,3-34,40H2,1-2H3,(H,41,42)(H,44,45). The highest BCUT2D eigenvalue weighted by Gasteiger charge is 2.19. The first kappa shape index (κ1) is 44.4. The number of rotatable bonds is 36. The van der Waals surface area contributed by atoms with Crippen LogP contribution in [-0.4, -0.2) is 41.6 Å². The average Bonchev–Trinajstić information content (AvgIpc) is 3.03. The Hall–Kier alpha value is -1.63. The van der Waals surface area contributed by atoms with Crippen LogP contribution >= 0.6 is 0 Å². The van der Waals surface area contributed by atoms with Crippen LogP contribution in [0.2, 0.25) is 0 Å². The molecule has 0 aliphatic carbocycles. The molecule has 2 unspecified atom stereocenters. The SMILES string of the molecule is CCCCCCCCCCCCCCCCC(=O)OC(CCCCCCCC)CCCCCCCC(=O)NC(CCCN)C(=O)O. The molecule has 0 heterocycles. The zero-order chi connectivity index (χ0) is 33.9. The Morgan fingerprint density at radius 1 is 0.543 bits per heavy atom. The summed E-state index contributed by atoms with van der Waals surface area (Å²) in [6, 6.07) is -0.850. The second kappa shape index (κ2) is 34.7. The van der Waals surface area contributed by atoms with Crippen LogP contribution in [0, 0.1) is 0 Å². The van der Waals surface area contributed by atoms with Gasteiger partial charge in [0.1, 0.15) is 12.1 Å². The first-order valence-corrected chi connectivity index (χ1v) is 19.9. The minimum absolute atomic E-state index is 0.0212. The van der Waals surface area contributed by atoms with E-state index in [1.165, 1.54) is 109 Å². The molecule has 0 spiro atoms. The monoisotopic (exact) mass is 653 g/mol. The highest BCUT2D eigenvalue weighted by atomic mass is 16.5. The molecule has 0 aromatic rings. The number of carboxylic acid groups (broad SMARTS) is 1. The van der Waals surface area contributed by atoms with Gasteiger partial charge in [-0.15, -0.1) is 0 Å². The topological polar surface area (TPSA) is 119 Å². The fourth-order valence-electron chi connectivity index (χ4n) is 6.16. The van der Waals surface area contributed by atoms with Crippen molar-refractivity contribution < 1.29 is 24.2 Å². The van der Waals surface area contributed by atoms with Crippen LogP contribution in [0.1, 0.15) is 213 Å². The van der Waals surface area contributed by atoms with E-state index in [1.807, 2.05) is 0 Å². The number of esters is 1. The molecule has 0 rings (SSSR count). The van der Waals surface area contributed by atoms with Crippen LogP contribution in [0.3, 0.4) is 0 Å². The first-order chi connectivity index (χ1) is 22.4. The molecule has 0 aromatic carbocycles. The molecule has 7 heteroatoms. The third-order valence-electron chi connectivity index (χ3n) is 9.17. The molecule has 7 nitrogen and oxygen atoms in total. The Morgan fingerprint density at radius 3 is 1.35 bits per heavy atom. The van der Waals surface area contributed by atoms with E-state index in [4.69, 9.17) is 10.5 Å². The van der Waals surface area contributed by atoms with E-state index in [1.54, 1.807) is 0 Å². The van der Waals surface area contributed by atoms with Gasteiger partial charge in [-0.05, 0) is 57.9 Å². The van der Waals surface area contributed by atoms with E-state index < -0.39 is 12.0 Å². The molecular formula is C39H76N2O5. The maximum Gasteiger partial charge on any atom is 0.326 e. The van der Waals surface area contributed by atoms with Crippen molar-refractivity contribution in [3.05, 3.63) is 0 Å². The van der Waals surface area contributed by atoms with Gasteiger partial charge in [0.15, 0.2) is 0 Å². The lowest BCUT2D eigenvalue weighted by Crippen LogP contribution is -2.40. The molecule has 1 amide bonds. The highest BCUT2D eigenvalue weighted by molar-refractivity contribution is 5.83. The van der Waals surface area contributed by atoms with E-state index in [0.29, 0.717) is 32.2 Å². The van der Waals surface area contributed by atoms with Crippen LogP contribution in [-0.2, 0) is 19.1 Å². The highest BCUT2D eigenvalue weighted by Crippen LogP contribution is 2.19. The zero-order valence-electron chi connectivity index (χ0n) is 30.4. The normalized spacial score (nSPS) is 12.6. The molecular weight excluding hydrogens is 576 g/mol. The van der Waals surface area contributed by atoms with Gasteiger partial charge in [0.05, 0.1) is 0 Å². The summed E-state index contributed by atoms with van der Waals surface area (Å²) in [6.07, 6.45) is 34.4. The largest absolute Gasteiger partial charge is 0.480 e. The maximum absolute atomic E-state index is 12.7. The number of unbranched alkanes of at least 4 members (excludes halogenated alkanes) is 22. The lowest BCUT2D eigenvalue weighted by molar-refractivity contribution is -0.150. The van der Waals surface area contributed by atoms with Crippen LogP contribution < -0.4 is 11.1 Å². The molecule has 0 saturated carbocycles. The van der Waals surface area contributed by atoms with Crippen LogP contribution in [0.4, 0.5) is 0 Å². The van der Waals surface area contributed by atoms with Gasteiger partial charge < -0.3 is 20.9 Å². The summed E-state index contributed by atoms with van der Waals surface area (Å²) in [5, 5.41) is 11.9. The van der Waals surface area contributed by atoms with Crippen molar-refractivity contribution in [1.82, 2.24) is 5.32 Å². The lowest BCUT2D eigenvalue weighted by Gasteiger charge is -2.18. The maximum atomic E-state index is 12.7. The van der Waals surface area contributed by atoms with Gasteiger partial charge in [0, 0.05) is 12.8 Å². The molecule has 0 aromatic heterocycles. The number of amides is 1. The van der Waals surface area contributed by atoms with Gasteiger partial charge in [-0.25, -0.2) is 4.79 Å². The Kier molecular flexibility index (Phi) is 33.5. The molecule has 0 bridgehead atoms. The molecule has 0 radical (unpaired) electrons. The number of hydrogen-bond donors (Lipinski definition) is 3. The molecule has 0 saturated heterocycles. The van der Waals surface area contributed by atoms with E-state index in [0.717, 1.165) is 64.2 Å². The number of nitrogens with two attached hydrogens (primary N) is 1. The van der Waals surface area contributed by atoms with Gasteiger partial charge in [0.25, 0.3) is 0 Å². The van der Waals surface area contributed by atoms with Crippen LogP contribution in [0.25, 0.3) is 0 Å². The summed E-state index contributed by atoms with van der Waals surface area (Å²) >= 11 is 0. The predicted molar refractivity (Wildman–Crippen MR) is 193 cm³/mol. The van der Waals surface area contributed by atoms with Crippen molar-refractivity contribution in [2.75, 3.05) is 6.54 Å². The second-order valence-corrected chi connectivity index (χ2v) is 13.7. The minimum Gasteiger partial charge on any atom is -0.480 e. The first-order valence-electron chi connectivity index (χ1n) is 19.9. The third kappa shape index (κ3) is 31.0. The van der Waals surface area contributed by atoms with Gasteiger partial charge in [-0.1, -0.05) is 149 Å². The van der Waals surface area contributed by atoms with E-state index in [-0.39, 0.29) is 18.0 Å². The molecule has 4 N–H and O–H groups in total. The molecule has 0 aliphatic rings. The number of aliphatic carboxylic acids is 1.